The van der Waals surface area contributed by atoms with E-state index in [0.29, 0.717) is 17.6 Å². The monoisotopic (exact) mass is 323 g/mol. The van der Waals surface area contributed by atoms with E-state index in [1.54, 1.807) is 6.07 Å². The predicted octanol–water partition coefficient (Wildman–Crippen LogP) is 2.14. The van der Waals surface area contributed by atoms with Gasteiger partial charge in [-0.05, 0) is 24.8 Å². The Hall–Kier alpha value is -1.66. The van der Waals surface area contributed by atoms with Gasteiger partial charge in [0.15, 0.2) is 0 Å². The smallest absolute Gasteiger partial charge is 0.270 e. The van der Waals surface area contributed by atoms with E-state index in [2.05, 4.69) is 5.32 Å². The molecule has 0 saturated carbocycles. The molecule has 2 fully saturated rings. The number of nitro groups is 1. The van der Waals surface area contributed by atoms with Crippen molar-refractivity contribution in [2.45, 2.75) is 37.8 Å². The van der Waals surface area contributed by atoms with Gasteiger partial charge in [-0.15, -0.1) is 0 Å². The molecular formula is C15H18ClN3O3. The molecule has 1 aromatic carbocycles. The number of non-ortho nitro benzene ring substituents is 1. The number of amides is 1. The molecule has 2 saturated heterocycles. The number of nitro benzene ring substituents is 1. The molecule has 1 aromatic rings. The van der Waals surface area contributed by atoms with Crippen molar-refractivity contribution in [2.24, 2.45) is 0 Å². The maximum atomic E-state index is 12.5. The molecule has 0 radical (unpaired) electrons. The van der Waals surface area contributed by atoms with Crippen molar-refractivity contribution in [1.29, 1.82) is 0 Å². The largest absolute Gasteiger partial charge is 0.341 e. The summed E-state index contributed by atoms with van der Waals surface area (Å²) >= 11 is 6.06. The van der Waals surface area contributed by atoms with Crippen LogP contribution < -0.4 is 5.32 Å². The minimum atomic E-state index is -0.491. The molecule has 2 bridgehead atoms. The van der Waals surface area contributed by atoms with Crippen molar-refractivity contribution in [2.75, 3.05) is 13.1 Å². The third-order valence-electron chi connectivity index (χ3n) is 4.47. The van der Waals surface area contributed by atoms with E-state index in [0.717, 1.165) is 25.9 Å². The van der Waals surface area contributed by atoms with Crippen LogP contribution in [0, 0.1) is 10.1 Å². The summed E-state index contributed by atoms with van der Waals surface area (Å²) in [4.78, 5) is 24.6. The van der Waals surface area contributed by atoms with Crippen LogP contribution in [0.4, 0.5) is 5.69 Å². The van der Waals surface area contributed by atoms with Crippen LogP contribution in [0.1, 0.15) is 24.8 Å². The van der Waals surface area contributed by atoms with Crippen LogP contribution in [0.25, 0.3) is 0 Å². The van der Waals surface area contributed by atoms with Crippen molar-refractivity contribution in [3.05, 3.63) is 38.9 Å². The fourth-order valence-electron chi connectivity index (χ4n) is 3.24. The molecule has 1 amide bonds. The van der Waals surface area contributed by atoms with Gasteiger partial charge in [0.25, 0.3) is 5.69 Å². The fourth-order valence-corrected chi connectivity index (χ4v) is 3.48. The molecule has 2 atom stereocenters. The van der Waals surface area contributed by atoms with E-state index in [4.69, 9.17) is 11.6 Å². The lowest BCUT2D eigenvalue weighted by Gasteiger charge is -2.24. The number of carbonyl (C=O) groups excluding carboxylic acids is 1. The molecule has 3 rings (SSSR count). The molecule has 6 nitrogen and oxygen atoms in total. The Labute approximate surface area is 133 Å². The lowest BCUT2D eigenvalue weighted by molar-refractivity contribution is -0.384. The first-order valence-electron chi connectivity index (χ1n) is 7.49. The van der Waals surface area contributed by atoms with Crippen molar-refractivity contribution in [1.82, 2.24) is 10.2 Å². The summed E-state index contributed by atoms with van der Waals surface area (Å²) in [5.74, 6) is 0.0325. The normalized spacial score (nSPS) is 24.1. The van der Waals surface area contributed by atoms with Crippen LogP contribution in [0.3, 0.4) is 0 Å². The molecule has 2 aliphatic heterocycles. The van der Waals surface area contributed by atoms with Gasteiger partial charge in [-0.3, -0.25) is 14.9 Å². The molecule has 22 heavy (non-hydrogen) atoms. The second-order valence-corrected chi connectivity index (χ2v) is 6.38. The Bertz CT molecular complexity index is 608. The lowest BCUT2D eigenvalue weighted by atomic mass is 10.1. The Balaban J connectivity index is 1.67. The highest BCUT2D eigenvalue weighted by atomic mass is 35.5. The van der Waals surface area contributed by atoms with Gasteiger partial charge in [0.2, 0.25) is 5.91 Å². The summed E-state index contributed by atoms with van der Waals surface area (Å²) in [6, 6.07) is 5.19. The van der Waals surface area contributed by atoms with Gasteiger partial charge < -0.3 is 10.2 Å². The SMILES string of the molecule is O=C(Cc1ccc([N+](=O)[O-])cc1Cl)N1CCC2CCC(C1)N2. The second-order valence-electron chi connectivity index (χ2n) is 5.98. The van der Waals surface area contributed by atoms with Gasteiger partial charge in [0.1, 0.15) is 0 Å². The summed E-state index contributed by atoms with van der Waals surface area (Å²) in [6.45, 7) is 1.50. The first kappa shape index (κ1) is 15.2. The Morgan fingerprint density at radius 3 is 2.86 bits per heavy atom. The van der Waals surface area contributed by atoms with E-state index in [1.807, 2.05) is 4.90 Å². The zero-order chi connectivity index (χ0) is 15.7. The van der Waals surface area contributed by atoms with Gasteiger partial charge in [-0.1, -0.05) is 17.7 Å². The third kappa shape index (κ3) is 3.23. The molecule has 7 heteroatoms. The van der Waals surface area contributed by atoms with E-state index in [9.17, 15) is 14.9 Å². The topological polar surface area (TPSA) is 75.5 Å². The number of rotatable bonds is 3. The number of benzene rings is 1. The second kappa shape index (κ2) is 6.22. The van der Waals surface area contributed by atoms with E-state index in [-0.39, 0.29) is 23.0 Å². The molecule has 0 aromatic heterocycles. The van der Waals surface area contributed by atoms with Crippen LogP contribution in [0.5, 0.6) is 0 Å². The van der Waals surface area contributed by atoms with Crippen molar-refractivity contribution in [3.8, 4) is 0 Å². The Morgan fingerprint density at radius 1 is 1.36 bits per heavy atom. The maximum Gasteiger partial charge on any atom is 0.270 e. The summed E-state index contributed by atoms with van der Waals surface area (Å²) in [7, 11) is 0. The number of fused-ring (bicyclic) bond motifs is 2. The number of hydrogen-bond donors (Lipinski definition) is 1. The minimum absolute atomic E-state index is 0.0325. The maximum absolute atomic E-state index is 12.5. The minimum Gasteiger partial charge on any atom is -0.341 e. The number of likely N-dealkylation sites (tertiary alicyclic amines) is 1. The van der Waals surface area contributed by atoms with Gasteiger partial charge in [0.05, 0.1) is 16.4 Å². The summed E-state index contributed by atoms with van der Waals surface area (Å²) in [6.07, 6.45) is 3.48. The van der Waals surface area contributed by atoms with Gasteiger partial charge in [-0.2, -0.15) is 0 Å². The first-order chi connectivity index (χ1) is 10.5. The predicted molar refractivity (Wildman–Crippen MR) is 83.0 cm³/mol. The quantitative estimate of drug-likeness (QED) is 0.683. The average Bonchev–Trinajstić information content (AvgIpc) is 2.80. The van der Waals surface area contributed by atoms with Crippen LogP contribution in [-0.2, 0) is 11.2 Å². The first-order valence-corrected chi connectivity index (χ1v) is 7.87. The number of halogens is 1. The molecule has 2 heterocycles. The summed E-state index contributed by atoms with van der Waals surface area (Å²) < 4.78 is 0. The number of hydrogen-bond acceptors (Lipinski definition) is 4. The molecule has 2 aliphatic rings. The van der Waals surface area contributed by atoms with Crippen LogP contribution in [0.2, 0.25) is 5.02 Å². The Morgan fingerprint density at radius 2 is 2.14 bits per heavy atom. The molecule has 118 valence electrons. The molecule has 1 N–H and O–H groups in total. The zero-order valence-corrected chi connectivity index (χ0v) is 12.9. The zero-order valence-electron chi connectivity index (χ0n) is 12.1. The molecule has 0 spiro atoms. The molecule has 0 aliphatic carbocycles. The standard InChI is InChI=1S/C15H18ClN3O3/c16-14-8-13(19(21)22)4-1-10(14)7-15(20)18-6-5-11-2-3-12(9-18)17-11/h1,4,8,11-12,17H,2-3,5-7,9H2. The summed E-state index contributed by atoms with van der Waals surface area (Å²) in [5, 5.41) is 14.5. The van der Waals surface area contributed by atoms with Gasteiger partial charge in [-0.25, -0.2) is 0 Å². The fraction of sp³-hybridized carbons (Fsp3) is 0.533. The number of nitrogens with one attached hydrogen (secondary N) is 1. The average molecular weight is 324 g/mol. The summed E-state index contributed by atoms with van der Waals surface area (Å²) in [5.41, 5.74) is 0.581. The van der Waals surface area contributed by atoms with Crippen molar-refractivity contribution >= 4 is 23.2 Å². The molecular weight excluding hydrogens is 306 g/mol. The van der Waals surface area contributed by atoms with Crippen molar-refractivity contribution in [3.63, 3.8) is 0 Å². The van der Waals surface area contributed by atoms with E-state index >= 15 is 0 Å². The van der Waals surface area contributed by atoms with Crippen molar-refractivity contribution < 1.29 is 9.72 Å². The van der Waals surface area contributed by atoms with Crippen LogP contribution >= 0.6 is 11.6 Å². The molecule has 2 unspecified atom stereocenters. The number of nitrogens with zero attached hydrogens (tertiary/aromatic N) is 2. The number of carbonyl (C=O) groups is 1. The highest BCUT2D eigenvalue weighted by molar-refractivity contribution is 6.31. The third-order valence-corrected chi connectivity index (χ3v) is 4.82. The lowest BCUT2D eigenvalue weighted by Crippen LogP contribution is -2.39. The van der Waals surface area contributed by atoms with Gasteiger partial charge in [0, 0.05) is 37.3 Å². The van der Waals surface area contributed by atoms with E-state index in [1.165, 1.54) is 18.6 Å². The van der Waals surface area contributed by atoms with Gasteiger partial charge >= 0.3 is 0 Å². The highest BCUT2D eigenvalue weighted by Gasteiger charge is 2.31. The van der Waals surface area contributed by atoms with Crippen LogP contribution in [0.15, 0.2) is 18.2 Å². The van der Waals surface area contributed by atoms with E-state index < -0.39 is 4.92 Å². The highest BCUT2D eigenvalue weighted by Crippen LogP contribution is 2.25. The van der Waals surface area contributed by atoms with Crippen LogP contribution in [-0.4, -0.2) is 40.9 Å². The Kier molecular flexibility index (Phi) is 4.31.